The number of likely N-dealkylation sites (tertiary alicyclic amines) is 1. The second kappa shape index (κ2) is 6.59. The summed E-state index contributed by atoms with van der Waals surface area (Å²) in [5.41, 5.74) is 0. The van der Waals surface area contributed by atoms with Crippen molar-refractivity contribution in [2.45, 2.75) is 64.3 Å². The lowest BCUT2D eigenvalue weighted by atomic mass is 9.86. The van der Waals surface area contributed by atoms with Gasteiger partial charge in [0.25, 0.3) is 0 Å². The molecule has 1 aliphatic heterocycles. The molecule has 0 spiro atoms. The van der Waals surface area contributed by atoms with Crippen molar-refractivity contribution in [3.05, 3.63) is 0 Å². The monoisotopic (exact) mass is 306 g/mol. The van der Waals surface area contributed by atoms with E-state index in [4.69, 9.17) is 0 Å². The van der Waals surface area contributed by atoms with Crippen LogP contribution in [0, 0.1) is 17.8 Å². The number of hydrogen-bond donors (Lipinski definition) is 0. The standard InChI is InChI=1S/C18H30N2O2/c1-13-3-7-16(8-4-13)19(2)17(21)15-9-11-20(12-10-15)18(22)14-5-6-14/h13-16H,3-12H2,1-2H3. The average Bonchev–Trinajstić information content (AvgIpc) is 3.38. The van der Waals surface area contributed by atoms with E-state index in [1.165, 1.54) is 12.8 Å². The van der Waals surface area contributed by atoms with Gasteiger partial charge >= 0.3 is 0 Å². The normalized spacial score (nSPS) is 30.2. The molecule has 3 aliphatic rings. The Hall–Kier alpha value is -1.06. The topological polar surface area (TPSA) is 40.6 Å². The summed E-state index contributed by atoms with van der Waals surface area (Å²) in [6.45, 7) is 3.87. The molecule has 2 saturated carbocycles. The van der Waals surface area contributed by atoms with Gasteiger partial charge in [-0.15, -0.1) is 0 Å². The predicted octanol–water partition coefficient (Wildman–Crippen LogP) is 2.67. The fraction of sp³-hybridized carbons (Fsp3) is 0.889. The average molecular weight is 306 g/mol. The number of amides is 2. The molecule has 1 saturated heterocycles. The first-order valence-corrected chi connectivity index (χ1v) is 9.11. The van der Waals surface area contributed by atoms with Gasteiger partial charge in [-0.2, -0.15) is 0 Å². The van der Waals surface area contributed by atoms with Gasteiger partial charge < -0.3 is 9.80 Å². The van der Waals surface area contributed by atoms with Crippen LogP contribution in [0.5, 0.6) is 0 Å². The summed E-state index contributed by atoms with van der Waals surface area (Å²) >= 11 is 0. The number of piperidine rings is 1. The van der Waals surface area contributed by atoms with Crippen molar-refractivity contribution >= 4 is 11.8 Å². The molecular weight excluding hydrogens is 276 g/mol. The molecule has 0 bridgehead atoms. The van der Waals surface area contributed by atoms with E-state index in [0.29, 0.717) is 23.8 Å². The first kappa shape index (κ1) is 15.8. The molecule has 0 atom stereocenters. The molecule has 4 heteroatoms. The zero-order chi connectivity index (χ0) is 15.7. The molecule has 0 N–H and O–H groups in total. The predicted molar refractivity (Wildman–Crippen MR) is 86.2 cm³/mol. The third-order valence-corrected chi connectivity index (χ3v) is 5.96. The third-order valence-electron chi connectivity index (χ3n) is 5.96. The van der Waals surface area contributed by atoms with E-state index in [-0.39, 0.29) is 5.92 Å². The van der Waals surface area contributed by atoms with Crippen molar-refractivity contribution in [1.29, 1.82) is 0 Å². The second-order valence-electron chi connectivity index (χ2n) is 7.74. The molecule has 0 aromatic heterocycles. The largest absolute Gasteiger partial charge is 0.343 e. The summed E-state index contributed by atoms with van der Waals surface area (Å²) in [5.74, 6) is 1.90. The van der Waals surface area contributed by atoms with E-state index in [0.717, 1.165) is 57.5 Å². The minimum atomic E-state index is 0.132. The van der Waals surface area contributed by atoms with Gasteiger partial charge in [0, 0.05) is 38.0 Å². The number of rotatable bonds is 3. The summed E-state index contributed by atoms with van der Waals surface area (Å²) < 4.78 is 0. The fourth-order valence-corrected chi connectivity index (χ4v) is 4.03. The lowest BCUT2D eigenvalue weighted by molar-refractivity contribution is -0.142. The molecule has 0 aromatic carbocycles. The minimum absolute atomic E-state index is 0.132. The SMILES string of the molecule is CC1CCC(N(C)C(=O)C2CCN(C(=O)C3CC3)CC2)CC1. The molecule has 124 valence electrons. The van der Waals surface area contributed by atoms with E-state index in [1.54, 1.807) is 0 Å². The Morgan fingerprint density at radius 3 is 2.00 bits per heavy atom. The maximum atomic E-state index is 12.7. The Morgan fingerprint density at radius 2 is 1.45 bits per heavy atom. The molecule has 0 unspecified atom stereocenters. The number of hydrogen-bond acceptors (Lipinski definition) is 2. The first-order valence-electron chi connectivity index (χ1n) is 9.11. The quantitative estimate of drug-likeness (QED) is 0.804. The van der Waals surface area contributed by atoms with Crippen molar-refractivity contribution in [1.82, 2.24) is 9.80 Å². The van der Waals surface area contributed by atoms with E-state index >= 15 is 0 Å². The Balaban J connectivity index is 1.47. The van der Waals surface area contributed by atoms with Crippen LogP contribution < -0.4 is 0 Å². The number of carbonyl (C=O) groups excluding carboxylic acids is 2. The highest BCUT2D eigenvalue weighted by molar-refractivity contribution is 5.82. The third kappa shape index (κ3) is 3.47. The van der Waals surface area contributed by atoms with Gasteiger partial charge in [-0.05, 0) is 57.3 Å². The van der Waals surface area contributed by atoms with Gasteiger partial charge in [0.05, 0.1) is 0 Å². The zero-order valence-corrected chi connectivity index (χ0v) is 14.1. The maximum Gasteiger partial charge on any atom is 0.225 e. The van der Waals surface area contributed by atoms with E-state index < -0.39 is 0 Å². The lowest BCUT2D eigenvalue weighted by Crippen LogP contribution is -2.47. The van der Waals surface area contributed by atoms with Crippen LogP contribution in [0.4, 0.5) is 0 Å². The number of nitrogens with zero attached hydrogens (tertiary/aromatic N) is 2. The first-order chi connectivity index (χ1) is 10.6. The van der Waals surface area contributed by atoms with Crippen LogP contribution in [-0.2, 0) is 9.59 Å². The Morgan fingerprint density at radius 1 is 0.864 bits per heavy atom. The van der Waals surface area contributed by atoms with E-state index in [1.807, 2.05) is 16.8 Å². The summed E-state index contributed by atoms with van der Waals surface area (Å²) in [6.07, 6.45) is 8.65. The highest BCUT2D eigenvalue weighted by Crippen LogP contribution is 2.33. The minimum Gasteiger partial charge on any atom is -0.343 e. The van der Waals surface area contributed by atoms with Crippen LogP contribution in [0.3, 0.4) is 0 Å². The molecule has 3 fully saturated rings. The van der Waals surface area contributed by atoms with Crippen molar-refractivity contribution in [2.24, 2.45) is 17.8 Å². The molecule has 4 nitrogen and oxygen atoms in total. The molecule has 2 aliphatic carbocycles. The molecule has 22 heavy (non-hydrogen) atoms. The van der Waals surface area contributed by atoms with Gasteiger partial charge in [-0.25, -0.2) is 0 Å². The van der Waals surface area contributed by atoms with Gasteiger partial charge in [0.2, 0.25) is 11.8 Å². The summed E-state index contributed by atoms with van der Waals surface area (Å²) in [4.78, 5) is 28.8. The van der Waals surface area contributed by atoms with Crippen LogP contribution in [-0.4, -0.2) is 47.8 Å². The van der Waals surface area contributed by atoms with Crippen molar-refractivity contribution in [2.75, 3.05) is 20.1 Å². The van der Waals surface area contributed by atoms with Crippen LogP contribution in [0.25, 0.3) is 0 Å². The van der Waals surface area contributed by atoms with Gasteiger partial charge in [0.1, 0.15) is 0 Å². The molecule has 2 amide bonds. The Labute approximate surface area is 134 Å². The Bertz CT molecular complexity index is 417. The summed E-state index contributed by atoms with van der Waals surface area (Å²) in [7, 11) is 1.99. The van der Waals surface area contributed by atoms with Crippen LogP contribution >= 0.6 is 0 Å². The van der Waals surface area contributed by atoms with Gasteiger partial charge in [-0.1, -0.05) is 6.92 Å². The van der Waals surface area contributed by atoms with Crippen molar-refractivity contribution in [3.63, 3.8) is 0 Å². The van der Waals surface area contributed by atoms with Crippen molar-refractivity contribution in [3.8, 4) is 0 Å². The van der Waals surface area contributed by atoms with Gasteiger partial charge in [0.15, 0.2) is 0 Å². The van der Waals surface area contributed by atoms with Crippen molar-refractivity contribution < 1.29 is 9.59 Å². The maximum absolute atomic E-state index is 12.7. The molecule has 3 rings (SSSR count). The second-order valence-corrected chi connectivity index (χ2v) is 7.74. The smallest absolute Gasteiger partial charge is 0.225 e. The zero-order valence-electron chi connectivity index (χ0n) is 14.1. The van der Waals surface area contributed by atoms with Crippen LogP contribution in [0.2, 0.25) is 0 Å². The summed E-state index contributed by atoms with van der Waals surface area (Å²) in [6, 6.07) is 0.440. The van der Waals surface area contributed by atoms with Crippen LogP contribution in [0.1, 0.15) is 58.3 Å². The lowest BCUT2D eigenvalue weighted by Gasteiger charge is -2.38. The highest BCUT2D eigenvalue weighted by atomic mass is 16.2. The van der Waals surface area contributed by atoms with E-state index in [2.05, 4.69) is 6.92 Å². The summed E-state index contributed by atoms with van der Waals surface area (Å²) in [5, 5.41) is 0. The van der Waals surface area contributed by atoms with Gasteiger partial charge in [-0.3, -0.25) is 9.59 Å². The molecule has 0 aromatic rings. The Kier molecular flexibility index (Phi) is 4.74. The fourth-order valence-electron chi connectivity index (χ4n) is 4.03. The molecular formula is C18H30N2O2. The molecule has 0 radical (unpaired) electrons. The van der Waals surface area contributed by atoms with Crippen LogP contribution in [0.15, 0.2) is 0 Å². The molecule has 1 heterocycles. The highest BCUT2D eigenvalue weighted by Gasteiger charge is 2.37. The van der Waals surface area contributed by atoms with E-state index in [9.17, 15) is 9.59 Å². The number of carbonyl (C=O) groups is 2.